The Kier molecular flexibility index (Phi) is 6.99. The molecule has 2 aromatic carbocycles. The Morgan fingerprint density at radius 1 is 1.10 bits per heavy atom. The van der Waals surface area contributed by atoms with Crippen LogP contribution < -0.4 is 14.8 Å². The molecule has 1 aliphatic rings. The molecule has 0 radical (unpaired) electrons. The maximum atomic E-state index is 12.0. The minimum absolute atomic E-state index is 0.207. The van der Waals surface area contributed by atoms with Crippen LogP contribution in [0.15, 0.2) is 47.6 Å². The van der Waals surface area contributed by atoms with Crippen LogP contribution in [0.4, 0.5) is 0 Å². The summed E-state index contributed by atoms with van der Waals surface area (Å²) in [7, 11) is 0. The van der Waals surface area contributed by atoms with E-state index in [1.165, 1.54) is 36.2 Å². The van der Waals surface area contributed by atoms with Crippen LogP contribution >= 0.6 is 11.8 Å². The fourth-order valence-corrected chi connectivity index (χ4v) is 4.14. The molecule has 1 heterocycles. The second kappa shape index (κ2) is 9.67. The highest BCUT2D eigenvalue weighted by Gasteiger charge is 2.32. The molecular weight excluding hydrogens is 402 g/mol. The zero-order chi connectivity index (χ0) is 21.7. The van der Waals surface area contributed by atoms with Gasteiger partial charge in [-0.2, -0.15) is 0 Å². The van der Waals surface area contributed by atoms with Gasteiger partial charge in [-0.3, -0.25) is 9.59 Å². The van der Waals surface area contributed by atoms with E-state index in [9.17, 15) is 9.59 Å². The fraction of sp³-hybridized carbons (Fsp3) is 0.318. The molecule has 0 fully saturated rings. The van der Waals surface area contributed by atoms with Crippen molar-refractivity contribution >= 4 is 28.7 Å². The van der Waals surface area contributed by atoms with Crippen LogP contribution in [-0.2, 0) is 9.59 Å². The summed E-state index contributed by atoms with van der Waals surface area (Å²) in [4.78, 5) is 23.3. The maximum Gasteiger partial charge on any atom is 0.241 e. The van der Waals surface area contributed by atoms with E-state index in [-0.39, 0.29) is 17.2 Å². The van der Waals surface area contributed by atoms with E-state index >= 15 is 0 Å². The predicted molar refractivity (Wildman–Crippen MR) is 117 cm³/mol. The number of benzene rings is 2. The number of aryl methyl sites for hydroxylation is 2. The number of carbonyl (C=O) groups excluding carboxylic acids is 2. The largest absolute Gasteiger partial charge is 0.490 e. The maximum absolute atomic E-state index is 12.0. The van der Waals surface area contributed by atoms with Crippen molar-refractivity contribution < 1.29 is 19.1 Å². The Hall–Kier alpha value is -3.00. The summed E-state index contributed by atoms with van der Waals surface area (Å²) < 4.78 is 11.6. The summed E-state index contributed by atoms with van der Waals surface area (Å²) in [6, 6.07) is 13.6. The van der Waals surface area contributed by atoms with Gasteiger partial charge in [0.1, 0.15) is 30.1 Å². The number of thioether (sulfide) groups is 1. The van der Waals surface area contributed by atoms with Crippen molar-refractivity contribution in [1.29, 1.82) is 0 Å². The first kappa shape index (κ1) is 21.7. The van der Waals surface area contributed by atoms with Crippen molar-refractivity contribution in [2.24, 2.45) is 5.10 Å². The molecule has 0 aliphatic carbocycles. The van der Waals surface area contributed by atoms with E-state index in [0.29, 0.717) is 24.1 Å². The number of carbonyl (C=O) groups is 2. The van der Waals surface area contributed by atoms with Crippen molar-refractivity contribution in [2.75, 3.05) is 13.2 Å². The highest BCUT2D eigenvalue weighted by atomic mass is 32.2. The van der Waals surface area contributed by atoms with Crippen molar-refractivity contribution in [3.63, 3.8) is 0 Å². The van der Waals surface area contributed by atoms with E-state index in [1.54, 1.807) is 0 Å². The van der Waals surface area contributed by atoms with Crippen molar-refractivity contribution in [1.82, 2.24) is 10.3 Å². The molecule has 7 nitrogen and oxygen atoms in total. The third-order valence-electron chi connectivity index (χ3n) is 4.33. The molecule has 8 heteroatoms. The van der Waals surface area contributed by atoms with Gasteiger partial charge in [0.25, 0.3) is 0 Å². The average Bonchev–Trinajstić information content (AvgIpc) is 3.10. The van der Waals surface area contributed by atoms with Crippen molar-refractivity contribution in [3.05, 3.63) is 59.2 Å². The number of amidine groups is 1. The van der Waals surface area contributed by atoms with Gasteiger partial charge in [0, 0.05) is 13.8 Å². The first-order chi connectivity index (χ1) is 14.3. The molecule has 2 amide bonds. The molecule has 30 heavy (non-hydrogen) atoms. The molecule has 0 saturated carbocycles. The highest BCUT2D eigenvalue weighted by Crippen LogP contribution is 2.39. The van der Waals surface area contributed by atoms with E-state index in [2.05, 4.69) is 16.5 Å². The number of ether oxygens (including phenoxy) is 2. The number of nitrogens with zero attached hydrogens (tertiary/aromatic N) is 2. The lowest BCUT2D eigenvalue weighted by Crippen LogP contribution is -2.25. The molecule has 3 rings (SSSR count). The van der Waals surface area contributed by atoms with Gasteiger partial charge < -0.3 is 14.8 Å². The summed E-state index contributed by atoms with van der Waals surface area (Å²) in [6.07, 6.45) is 0. The zero-order valence-corrected chi connectivity index (χ0v) is 18.3. The molecule has 0 bridgehead atoms. The minimum atomic E-state index is -0.362. The molecule has 0 aromatic heterocycles. The standard InChI is InChI=1S/C22H25N3O4S/c1-14-8-9-20(15(2)12-14)29-11-10-28-19-7-5-6-18(13-19)21-25(17(4)27)24-22(30-21)23-16(3)26/h5-9,12-13,21H,10-11H2,1-4H3,(H,23,24,26). The molecular formula is C22H25N3O4S. The van der Waals surface area contributed by atoms with E-state index in [0.717, 1.165) is 16.9 Å². The van der Waals surface area contributed by atoms with Gasteiger partial charge in [0.15, 0.2) is 5.17 Å². The van der Waals surface area contributed by atoms with E-state index < -0.39 is 0 Å². The van der Waals surface area contributed by atoms with Crippen LogP contribution in [0.3, 0.4) is 0 Å². The summed E-state index contributed by atoms with van der Waals surface area (Å²) in [5.41, 5.74) is 3.14. The first-order valence-electron chi connectivity index (χ1n) is 9.59. The Labute approximate surface area is 180 Å². The summed E-state index contributed by atoms with van der Waals surface area (Å²) >= 11 is 1.31. The second-order valence-corrected chi connectivity index (χ2v) is 8.03. The molecule has 158 valence electrons. The quantitative estimate of drug-likeness (QED) is 0.710. The monoisotopic (exact) mass is 427 g/mol. The topological polar surface area (TPSA) is 80.2 Å². The molecule has 0 spiro atoms. The highest BCUT2D eigenvalue weighted by molar-refractivity contribution is 8.14. The molecule has 1 N–H and O–H groups in total. The van der Waals surface area contributed by atoms with Gasteiger partial charge in [-0.1, -0.05) is 41.6 Å². The lowest BCUT2D eigenvalue weighted by atomic mass is 10.1. The summed E-state index contributed by atoms with van der Waals surface area (Å²) in [6.45, 7) is 7.72. The van der Waals surface area contributed by atoms with Crippen LogP contribution in [0.2, 0.25) is 0 Å². The Bertz CT molecular complexity index is 977. The Balaban J connectivity index is 1.60. The Morgan fingerprint density at radius 2 is 1.87 bits per heavy atom. The van der Waals surface area contributed by atoms with Crippen LogP contribution in [0.25, 0.3) is 0 Å². The molecule has 0 saturated heterocycles. The Morgan fingerprint density at radius 3 is 2.57 bits per heavy atom. The average molecular weight is 428 g/mol. The van der Waals surface area contributed by atoms with Crippen LogP contribution in [0.5, 0.6) is 11.5 Å². The lowest BCUT2D eigenvalue weighted by molar-refractivity contribution is -0.129. The van der Waals surface area contributed by atoms with Gasteiger partial charge in [-0.15, -0.1) is 5.10 Å². The fourth-order valence-electron chi connectivity index (χ4n) is 3.01. The number of hydrogen-bond acceptors (Lipinski definition) is 6. The van der Waals surface area contributed by atoms with Crippen LogP contribution in [0.1, 0.15) is 35.9 Å². The van der Waals surface area contributed by atoms with Gasteiger partial charge in [0.05, 0.1) is 0 Å². The smallest absolute Gasteiger partial charge is 0.241 e. The van der Waals surface area contributed by atoms with Crippen LogP contribution in [-0.4, -0.2) is 35.2 Å². The third-order valence-corrected chi connectivity index (χ3v) is 5.43. The van der Waals surface area contributed by atoms with Gasteiger partial charge >= 0.3 is 0 Å². The number of hydrazone groups is 1. The molecule has 1 unspecified atom stereocenters. The van der Waals surface area contributed by atoms with Gasteiger partial charge in [-0.05, 0) is 43.2 Å². The van der Waals surface area contributed by atoms with E-state index in [1.807, 2.05) is 50.2 Å². The third kappa shape index (κ3) is 5.54. The first-order valence-corrected chi connectivity index (χ1v) is 10.5. The van der Waals surface area contributed by atoms with Crippen molar-refractivity contribution in [2.45, 2.75) is 33.1 Å². The van der Waals surface area contributed by atoms with Crippen molar-refractivity contribution in [3.8, 4) is 11.5 Å². The number of hydrogen-bond donors (Lipinski definition) is 1. The number of amides is 2. The van der Waals surface area contributed by atoms with Gasteiger partial charge in [0.2, 0.25) is 11.8 Å². The number of nitrogens with one attached hydrogen (secondary N) is 1. The predicted octanol–water partition coefficient (Wildman–Crippen LogP) is 3.76. The van der Waals surface area contributed by atoms with Gasteiger partial charge in [-0.25, -0.2) is 5.01 Å². The summed E-state index contributed by atoms with van der Waals surface area (Å²) in [5.74, 6) is 1.08. The molecule has 1 atom stereocenters. The van der Waals surface area contributed by atoms with E-state index in [4.69, 9.17) is 9.47 Å². The number of rotatable bonds is 6. The normalized spacial score (nSPS) is 15.5. The zero-order valence-electron chi connectivity index (χ0n) is 17.5. The SMILES string of the molecule is CC(=O)NC1=NN(C(C)=O)C(c2cccc(OCCOc3ccc(C)cc3C)c2)S1. The molecule has 1 aliphatic heterocycles. The minimum Gasteiger partial charge on any atom is -0.490 e. The van der Waals surface area contributed by atoms with Crippen LogP contribution in [0, 0.1) is 13.8 Å². The second-order valence-electron chi connectivity index (χ2n) is 6.96. The molecule has 2 aromatic rings. The summed E-state index contributed by atoms with van der Waals surface area (Å²) in [5, 5.41) is 8.24. The lowest BCUT2D eigenvalue weighted by Gasteiger charge is -2.20.